The molecule has 3 aliphatic rings. The number of hydrogen-bond donors (Lipinski definition) is 1. The van der Waals surface area contributed by atoms with Crippen molar-refractivity contribution in [3.63, 3.8) is 0 Å². The standard InChI is InChI=1S/C29H34F3N3O2/c30-29(31,32)23-8-3-7-22(19-23)28(37)35-17-13-24(14-18-35)34-15-11-21(12-16-34)27(36)33-26-10-4-6-20-5-1-2-9-25(20)26/h1-3,5,7-9,19,21,24,26H,4,6,10-18H2,(H,33,36). The first kappa shape index (κ1) is 25.8. The predicted molar refractivity (Wildman–Crippen MR) is 135 cm³/mol. The summed E-state index contributed by atoms with van der Waals surface area (Å²) in [5, 5.41) is 3.31. The van der Waals surface area contributed by atoms with Crippen LogP contribution in [0, 0.1) is 5.92 Å². The molecular weight excluding hydrogens is 479 g/mol. The summed E-state index contributed by atoms with van der Waals surface area (Å²) in [6.45, 7) is 2.76. The number of aryl methyl sites for hydroxylation is 1. The summed E-state index contributed by atoms with van der Waals surface area (Å²) in [4.78, 5) is 30.0. The van der Waals surface area contributed by atoms with Gasteiger partial charge in [-0.2, -0.15) is 13.2 Å². The van der Waals surface area contributed by atoms with Crippen molar-refractivity contribution in [2.75, 3.05) is 26.2 Å². The molecule has 2 fully saturated rings. The monoisotopic (exact) mass is 513 g/mol. The summed E-state index contributed by atoms with van der Waals surface area (Å²) in [5.74, 6) is -0.167. The van der Waals surface area contributed by atoms with E-state index >= 15 is 0 Å². The number of fused-ring (bicyclic) bond motifs is 1. The highest BCUT2D eigenvalue weighted by molar-refractivity contribution is 5.94. The van der Waals surface area contributed by atoms with Gasteiger partial charge in [0.05, 0.1) is 11.6 Å². The molecule has 0 radical (unpaired) electrons. The Kier molecular flexibility index (Phi) is 7.56. The molecule has 1 aliphatic carbocycles. The Morgan fingerprint density at radius 2 is 1.59 bits per heavy atom. The number of alkyl halides is 3. The lowest BCUT2D eigenvalue weighted by Gasteiger charge is -2.41. The SMILES string of the molecule is O=C(NC1CCCc2ccccc21)C1CCN(C2CCN(C(=O)c3cccc(C(F)(F)F)c3)CC2)CC1. The van der Waals surface area contributed by atoms with Gasteiger partial charge in [0.2, 0.25) is 5.91 Å². The van der Waals surface area contributed by atoms with Crippen LogP contribution in [0.15, 0.2) is 48.5 Å². The van der Waals surface area contributed by atoms with Crippen molar-refractivity contribution in [1.29, 1.82) is 0 Å². The molecule has 1 N–H and O–H groups in total. The van der Waals surface area contributed by atoms with Gasteiger partial charge in [-0.1, -0.05) is 30.3 Å². The lowest BCUT2D eigenvalue weighted by molar-refractivity contribution is -0.137. The minimum atomic E-state index is -4.47. The van der Waals surface area contributed by atoms with Crippen LogP contribution in [0.2, 0.25) is 0 Å². The van der Waals surface area contributed by atoms with Crippen molar-refractivity contribution in [3.05, 3.63) is 70.8 Å². The summed E-state index contributed by atoms with van der Waals surface area (Å²) < 4.78 is 39.1. The number of halogens is 3. The average Bonchev–Trinajstić information content (AvgIpc) is 2.92. The van der Waals surface area contributed by atoms with E-state index in [1.165, 1.54) is 23.3 Å². The molecule has 1 atom stereocenters. The quantitative estimate of drug-likeness (QED) is 0.610. The van der Waals surface area contributed by atoms with Crippen LogP contribution in [-0.2, 0) is 17.4 Å². The molecule has 2 aliphatic heterocycles. The van der Waals surface area contributed by atoms with Crippen molar-refractivity contribution in [2.45, 2.75) is 63.2 Å². The number of hydrogen-bond acceptors (Lipinski definition) is 3. The van der Waals surface area contributed by atoms with Crippen LogP contribution in [0.4, 0.5) is 13.2 Å². The van der Waals surface area contributed by atoms with Gasteiger partial charge in [-0.25, -0.2) is 0 Å². The molecule has 0 saturated carbocycles. The molecule has 2 aromatic rings. The second kappa shape index (κ2) is 10.9. The van der Waals surface area contributed by atoms with Crippen molar-refractivity contribution in [2.24, 2.45) is 5.92 Å². The second-order valence-electron chi connectivity index (χ2n) is 10.6. The molecule has 2 amide bonds. The van der Waals surface area contributed by atoms with E-state index < -0.39 is 11.7 Å². The number of likely N-dealkylation sites (tertiary alicyclic amines) is 2. The second-order valence-corrected chi connectivity index (χ2v) is 10.6. The Morgan fingerprint density at radius 3 is 2.32 bits per heavy atom. The number of benzene rings is 2. The maximum atomic E-state index is 13.1. The number of piperidine rings is 2. The van der Waals surface area contributed by atoms with Crippen molar-refractivity contribution >= 4 is 11.8 Å². The van der Waals surface area contributed by atoms with Gasteiger partial charge in [0.1, 0.15) is 0 Å². The predicted octanol–water partition coefficient (Wildman–Crippen LogP) is 5.22. The number of amides is 2. The largest absolute Gasteiger partial charge is 0.416 e. The van der Waals surface area contributed by atoms with Crippen molar-refractivity contribution in [3.8, 4) is 0 Å². The highest BCUT2D eigenvalue weighted by atomic mass is 19.4. The van der Waals surface area contributed by atoms with Gasteiger partial charge in [0.15, 0.2) is 0 Å². The highest BCUT2D eigenvalue weighted by Gasteiger charge is 2.34. The molecule has 0 spiro atoms. The van der Waals surface area contributed by atoms with Crippen LogP contribution in [0.1, 0.15) is 71.6 Å². The van der Waals surface area contributed by atoms with Crippen molar-refractivity contribution < 1.29 is 22.8 Å². The van der Waals surface area contributed by atoms with Gasteiger partial charge in [0, 0.05) is 30.6 Å². The fraction of sp³-hybridized carbons (Fsp3) is 0.517. The molecule has 0 bridgehead atoms. The van der Waals surface area contributed by atoms with Gasteiger partial charge >= 0.3 is 6.18 Å². The van der Waals surface area contributed by atoms with Gasteiger partial charge < -0.3 is 15.1 Å². The topological polar surface area (TPSA) is 52.7 Å². The summed E-state index contributed by atoms with van der Waals surface area (Å²) >= 11 is 0. The normalized spacial score (nSPS) is 21.9. The maximum Gasteiger partial charge on any atom is 0.416 e. The number of rotatable bonds is 4. The Labute approximate surface area is 216 Å². The zero-order valence-corrected chi connectivity index (χ0v) is 21.0. The molecular formula is C29H34F3N3O2. The highest BCUT2D eigenvalue weighted by Crippen LogP contribution is 2.32. The van der Waals surface area contributed by atoms with Gasteiger partial charge in [0.25, 0.3) is 5.91 Å². The maximum absolute atomic E-state index is 13.1. The summed E-state index contributed by atoms with van der Waals surface area (Å²) in [6, 6.07) is 13.5. The summed E-state index contributed by atoms with van der Waals surface area (Å²) in [6.07, 6.45) is 1.92. The minimum Gasteiger partial charge on any atom is -0.349 e. The molecule has 8 heteroatoms. The molecule has 5 nitrogen and oxygen atoms in total. The van der Waals surface area contributed by atoms with Crippen LogP contribution in [0.3, 0.4) is 0 Å². The number of nitrogens with one attached hydrogen (secondary N) is 1. The Bertz CT molecular complexity index is 1120. The molecule has 37 heavy (non-hydrogen) atoms. The van der Waals surface area contributed by atoms with Crippen LogP contribution in [0.25, 0.3) is 0 Å². The number of carbonyl (C=O) groups is 2. The lowest BCUT2D eigenvalue weighted by atomic mass is 9.86. The number of carbonyl (C=O) groups excluding carboxylic acids is 2. The first-order valence-electron chi connectivity index (χ1n) is 13.4. The molecule has 2 saturated heterocycles. The third-order valence-corrected chi connectivity index (χ3v) is 8.29. The Hall–Kier alpha value is -2.87. The fourth-order valence-electron chi connectivity index (χ4n) is 6.17. The summed E-state index contributed by atoms with van der Waals surface area (Å²) in [5.41, 5.74) is 1.88. The molecule has 0 aromatic heterocycles. The molecule has 198 valence electrons. The third-order valence-electron chi connectivity index (χ3n) is 8.29. The van der Waals surface area contributed by atoms with Gasteiger partial charge in [-0.15, -0.1) is 0 Å². The first-order valence-corrected chi connectivity index (χ1v) is 13.4. The van der Waals surface area contributed by atoms with Crippen LogP contribution < -0.4 is 5.32 Å². The fourth-order valence-corrected chi connectivity index (χ4v) is 6.17. The minimum absolute atomic E-state index is 0.0212. The number of nitrogens with zero attached hydrogens (tertiary/aromatic N) is 2. The van der Waals surface area contributed by atoms with Crippen molar-refractivity contribution in [1.82, 2.24) is 15.1 Å². The summed E-state index contributed by atoms with van der Waals surface area (Å²) in [7, 11) is 0. The zero-order valence-electron chi connectivity index (χ0n) is 21.0. The van der Waals surface area contributed by atoms with E-state index in [9.17, 15) is 22.8 Å². The van der Waals surface area contributed by atoms with E-state index in [4.69, 9.17) is 0 Å². The third kappa shape index (κ3) is 5.84. The van der Waals surface area contributed by atoms with Gasteiger partial charge in [-0.3, -0.25) is 9.59 Å². The molecule has 2 aromatic carbocycles. The Balaban J connectivity index is 1.09. The molecule has 2 heterocycles. The molecule has 1 unspecified atom stereocenters. The average molecular weight is 514 g/mol. The van der Waals surface area contributed by atoms with E-state index in [0.29, 0.717) is 19.1 Å². The first-order chi connectivity index (χ1) is 17.8. The molecule has 5 rings (SSSR count). The van der Waals surface area contributed by atoms with Crippen LogP contribution >= 0.6 is 0 Å². The van der Waals surface area contributed by atoms with E-state index in [1.54, 1.807) is 4.90 Å². The van der Waals surface area contributed by atoms with E-state index in [0.717, 1.165) is 70.2 Å². The zero-order chi connectivity index (χ0) is 26.0. The smallest absolute Gasteiger partial charge is 0.349 e. The van der Waals surface area contributed by atoms with Gasteiger partial charge in [-0.05, 0) is 87.4 Å². The van der Waals surface area contributed by atoms with E-state index in [-0.39, 0.29) is 29.3 Å². The Morgan fingerprint density at radius 1 is 0.865 bits per heavy atom. The van der Waals surface area contributed by atoms with Crippen LogP contribution in [0.5, 0.6) is 0 Å². The van der Waals surface area contributed by atoms with E-state index in [2.05, 4.69) is 28.4 Å². The lowest BCUT2D eigenvalue weighted by Crippen LogP contribution is -2.50. The van der Waals surface area contributed by atoms with E-state index in [1.807, 2.05) is 6.07 Å². The van der Waals surface area contributed by atoms with Crippen LogP contribution in [-0.4, -0.2) is 53.8 Å².